The zero-order valence-corrected chi connectivity index (χ0v) is 14.1. The van der Waals surface area contributed by atoms with Gasteiger partial charge in [0.15, 0.2) is 18.1 Å². The van der Waals surface area contributed by atoms with Crippen LogP contribution >= 0.6 is 12.4 Å². The summed E-state index contributed by atoms with van der Waals surface area (Å²) in [6.45, 7) is 6.41. The Morgan fingerprint density at radius 2 is 1.95 bits per heavy atom. The Bertz CT molecular complexity index is 459. The fourth-order valence-electron chi connectivity index (χ4n) is 1.81. The van der Waals surface area contributed by atoms with Crippen molar-refractivity contribution < 1.29 is 14.3 Å². The summed E-state index contributed by atoms with van der Waals surface area (Å²) in [6, 6.07) is 5.65. The molecule has 1 rings (SSSR count). The van der Waals surface area contributed by atoms with Crippen molar-refractivity contribution in [2.75, 3.05) is 20.8 Å². The van der Waals surface area contributed by atoms with Gasteiger partial charge in [-0.25, -0.2) is 0 Å². The number of halogens is 1. The summed E-state index contributed by atoms with van der Waals surface area (Å²) in [6.07, 6.45) is 0. The van der Waals surface area contributed by atoms with Gasteiger partial charge in [-0.3, -0.25) is 4.79 Å². The van der Waals surface area contributed by atoms with Crippen molar-refractivity contribution in [1.82, 2.24) is 10.6 Å². The van der Waals surface area contributed by atoms with Crippen LogP contribution in [0, 0.1) is 0 Å². The van der Waals surface area contributed by atoms with E-state index in [-0.39, 0.29) is 30.5 Å². The number of para-hydroxylation sites is 1. The standard InChI is InChI=1S/C15H24N2O3.ClH/c1-15(2,3)17-13(18)10-20-14-11(9-16-4)7-6-8-12(14)19-5;/h6-8,16H,9-10H2,1-5H3,(H,17,18);1H. The van der Waals surface area contributed by atoms with E-state index < -0.39 is 0 Å². The molecule has 0 aromatic heterocycles. The Morgan fingerprint density at radius 3 is 2.48 bits per heavy atom. The van der Waals surface area contributed by atoms with E-state index in [0.29, 0.717) is 18.0 Å². The van der Waals surface area contributed by atoms with Gasteiger partial charge in [-0.2, -0.15) is 0 Å². The first-order valence-corrected chi connectivity index (χ1v) is 6.61. The average molecular weight is 317 g/mol. The van der Waals surface area contributed by atoms with Gasteiger partial charge in [0.1, 0.15) is 0 Å². The van der Waals surface area contributed by atoms with Gasteiger partial charge in [-0.15, -0.1) is 12.4 Å². The van der Waals surface area contributed by atoms with Gasteiger partial charge < -0.3 is 20.1 Å². The van der Waals surface area contributed by atoms with E-state index in [1.54, 1.807) is 7.11 Å². The van der Waals surface area contributed by atoms with Crippen molar-refractivity contribution in [2.24, 2.45) is 0 Å². The molecule has 0 saturated carbocycles. The Labute approximate surface area is 132 Å². The smallest absolute Gasteiger partial charge is 0.258 e. The van der Waals surface area contributed by atoms with E-state index in [0.717, 1.165) is 5.56 Å². The number of ether oxygens (including phenoxy) is 2. The van der Waals surface area contributed by atoms with Gasteiger partial charge in [0.25, 0.3) is 5.91 Å². The molecular weight excluding hydrogens is 292 g/mol. The lowest BCUT2D eigenvalue weighted by molar-refractivity contribution is -0.124. The average Bonchev–Trinajstić information content (AvgIpc) is 2.35. The molecule has 2 N–H and O–H groups in total. The SMILES string of the molecule is CNCc1cccc(OC)c1OCC(=O)NC(C)(C)C.Cl. The third-order valence-electron chi connectivity index (χ3n) is 2.51. The van der Waals surface area contributed by atoms with Gasteiger partial charge in [-0.1, -0.05) is 12.1 Å². The molecule has 0 fully saturated rings. The summed E-state index contributed by atoms with van der Waals surface area (Å²) >= 11 is 0. The van der Waals surface area contributed by atoms with Crippen molar-refractivity contribution in [3.63, 3.8) is 0 Å². The van der Waals surface area contributed by atoms with Crippen LogP contribution in [0.15, 0.2) is 18.2 Å². The van der Waals surface area contributed by atoms with Crippen LogP contribution < -0.4 is 20.1 Å². The highest BCUT2D eigenvalue weighted by atomic mass is 35.5. The number of amides is 1. The van der Waals surface area contributed by atoms with Crippen molar-refractivity contribution in [3.05, 3.63) is 23.8 Å². The second-order valence-electron chi connectivity index (χ2n) is 5.57. The van der Waals surface area contributed by atoms with E-state index in [1.165, 1.54) is 0 Å². The maximum absolute atomic E-state index is 11.8. The number of carbonyl (C=O) groups is 1. The Morgan fingerprint density at radius 1 is 1.29 bits per heavy atom. The largest absolute Gasteiger partial charge is 0.493 e. The molecule has 120 valence electrons. The molecule has 0 saturated heterocycles. The van der Waals surface area contributed by atoms with Crippen molar-refractivity contribution in [1.29, 1.82) is 0 Å². The number of hydrogen-bond acceptors (Lipinski definition) is 4. The number of nitrogens with one attached hydrogen (secondary N) is 2. The topological polar surface area (TPSA) is 59.6 Å². The fraction of sp³-hybridized carbons (Fsp3) is 0.533. The predicted octanol–water partition coefficient (Wildman–Crippen LogP) is 2.13. The van der Waals surface area contributed by atoms with Crippen LogP contribution in [0.25, 0.3) is 0 Å². The molecule has 5 nitrogen and oxygen atoms in total. The van der Waals surface area contributed by atoms with E-state index in [2.05, 4.69) is 10.6 Å². The highest BCUT2D eigenvalue weighted by molar-refractivity contribution is 5.85. The molecular formula is C15H25ClN2O3. The van der Waals surface area contributed by atoms with E-state index >= 15 is 0 Å². The Hall–Kier alpha value is -1.46. The molecule has 0 atom stereocenters. The van der Waals surface area contributed by atoms with Crippen LogP contribution in [0.2, 0.25) is 0 Å². The second kappa shape index (κ2) is 8.74. The van der Waals surface area contributed by atoms with E-state index in [1.807, 2.05) is 46.0 Å². The zero-order chi connectivity index (χ0) is 15.2. The Kier molecular flexibility index (Phi) is 8.14. The van der Waals surface area contributed by atoms with Crippen LogP contribution in [-0.2, 0) is 11.3 Å². The molecule has 0 aliphatic rings. The molecule has 1 amide bonds. The summed E-state index contributed by atoms with van der Waals surface area (Å²) in [5.74, 6) is 1.08. The number of carbonyl (C=O) groups excluding carboxylic acids is 1. The first kappa shape index (κ1) is 19.5. The van der Waals surface area contributed by atoms with Crippen LogP contribution in [0.4, 0.5) is 0 Å². The van der Waals surface area contributed by atoms with E-state index in [4.69, 9.17) is 9.47 Å². The van der Waals surface area contributed by atoms with Gasteiger partial charge in [0, 0.05) is 17.6 Å². The second-order valence-corrected chi connectivity index (χ2v) is 5.57. The van der Waals surface area contributed by atoms with Crippen LogP contribution in [0.5, 0.6) is 11.5 Å². The highest BCUT2D eigenvalue weighted by Crippen LogP contribution is 2.30. The lowest BCUT2D eigenvalue weighted by atomic mass is 10.1. The monoisotopic (exact) mass is 316 g/mol. The molecule has 21 heavy (non-hydrogen) atoms. The summed E-state index contributed by atoms with van der Waals surface area (Å²) in [4.78, 5) is 11.8. The summed E-state index contributed by atoms with van der Waals surface area (Å²) < 4.78 is 10.9. The molecule has 0 aliphatic carbocycles. The molecule has 1 aromatic carbocycles. The van der Waals surface area contributed by atoms with Gasteiger partial charge >= 0.3 is 0 Å². The maximum Gasteiger partial charge on any atom is 0.258 e. The summed E-state index contributed by atoms with van der Waals surface area (Å²) in [5, 5.41) is 5.92. The first-order chi connectivity index (χ1) is 9.37. The molecule has 0 bridgehead atoms. The third-order valence-corrected chi connectivity index (χ3v) is 2.51. The lowest BCUT2D eigenvalue weighted by Crippen LogP contribution is -2.43. The molecule has 1 aromatic rings. The molecule has 0 spiro atoms. The van der Waals surface area contributed by atoms with Crippen molar-refractivity contribution in [2.45, 2.75) is 32.9 Å². The molecule has 6 heteroatoms. The Balaban J connectivity index is 0.00000400. The van der Waals surface area contributed by atoms with E-state index in [9.17, 15) is 4.79 Å². The number of rotatable bonds is 6. The first-order valence-electron chi connectivity index (χ1n) is 6.61. The van der Waals surface area contributed by atoms with Crippen LogP contribution in [-0.4, -0.2) is 32.2 Å². The van der Waals surface area contributed by atoms with Gasteiger partial charge in [-0.05, 0) is 33.9 Å². The molecule has 0 radical (unpaired) electrons. The van der Waals surface area contributed by atoms with Gasteiger partial charge in [0.2, 0.25) is 0 Å². The summed E-state index contributed by atoms with van der Waals surface area (Å²) in [7, 11) is 3.44. The minimum Gasteiger partial charge on any atom is -0.493 e. The predicted molar refractivity (Wildman–Crippen MR) is 86.4 cm³/mol. The van der Waals surface area contributed by atoms with Crippen molar-refractivity contribution >= 4 is 18.3 Å². The van der Waals surface area contributed by atoms with Crippen LogP contribution in [0.3, 0.4) is 0 Å². The number of hydrogen-bond donors (Lipinski definition) is 2. The minimum atomic E-state index is -0.269. The van der Waals surface area contributed by atoms with Crippen molar-refractivity contribution in [3.8, 4) is 11.5 Å². The minimum absolute atomic E-state index is 0. The molecule has 0 unspecified atom stereocenters. The van der Waals surface area contributed by atoms with Gasteiger partial charge in [0.05, 0.1) is 7.11 Å². The quantitative estimate of drug-likeness (QED) is 0.844. The number of benzene rings is 1. The van der Waals surface area contributed by atoms with Crippen LogP contribution in [0.1, 0.15) is 26.3 Å². The zero-order valence-electron chi connectivity index (χ0n) is 13.3. The third kappa shape index (κ3) is 6.69. The lowest BCUT2D eigenvalue weighted by Gasteiger charge is -2.21. The normalized spacial score (nSPS) is 10.5. The summed E-state index contributed by atoms with van der Waals surface area (Å²) in [5.41, 5.74) is 0.685. The molecule has 0 aliphatic heterocycles. The fourth-order valence-corrected chi connectivity index (χ4v) is 1.81. The highest BCUT2D eigenvalue weighted by Gasteiger charge is 2.16. The maximum atomic E-state index is 11.8. The number of methoxy groups -OCH3 is 1. The molecule has 0 heterocycles.